The van der Waals surface area contributed by atoms with Gasteiger partial charge in [0, 0.05) is 59.8 Å². The van der Waals surface area contributed by atoms with Gasteiger partial charge in [-0.25, -0.2) is 4.99 Å². The molecule has 49 heavy (non-hydrogen) atoms. The first kappa shape index (κ1) is 38.2. The molecule has 0 aromatic heterocycles. The average molecular weight is 666 g/mol. The van der Waals surface area contributed by atoms with Crippen LogP contribution in [0.4, 0.5) is 0 Å². The Morgan fingerprint density at radius 2 is 1.86 bits per heavy atom. The molecular formula is C43H63N5O. The van der Waals surface area contributed by atoms with Gasteiger partial charge < -0.3 is 21.2 Å². The Hall–Kier alpha value is -3.61. The third-order valence-electron chi connectivity index (χ3n) is 11.2. The fourth-order valence-electron chi connectivity index (χ4n) is 7.49. The zero-order chi connectivity index (χ0) is 36.0. The smallest absolute Gasteiger partial charge is 0.129 e. The van der Waals surface area contributed by atoms with Gasteiger partial charge in [-0.3, -0.25) is 0 Å². The molecular weight excluding hydrogens is 603 g/mol. The summed E-state index contributed by atoms with van der Waals surface area (Å²) < 4.78 is 0. The van der Waals surface area contributed by atoms with Crippen molar-refractivity contribution in [2.45, 2.75) is 112 Å². The molecule has 1 atom stereocenters. The van der Waals surface area contributed by atoms with Crippen LogP contribution in [0.2, 0.25) is 0 Å². The topological polar surface area (TPSA) is 77.1 Å². The van der Waals surface area contributed by atoms with Crippen LogP contribution in [-0.2, 0) is 5.41 Å². The third-order valence-corrected chi connectivity index (χ3v) is 11.2. The summed E-state index contributed by atoms with van der Waals surface area (Å²) in [4.78, 5) is 7.54. The Bertz CT molecular complexity index is 1580. The van der Waals surface area contributed by atoms with Crippen LogP contribution in [0.5, 0.6) is 0 Å². The van der Waals surface area contributed by atoms with Gasteiger partial charge in [0.1, 0.15) is 5.82 Å². The quantitative estimate of drug-likeness (QED) is 0.111. The standard InChI is InChI=1S/C43H63N5O/c1-11-34-21-22-43(10,30-34)29-31(3)46-42(8,9)41(6,7)38-20-16-19-37(27-38)35(12-2)28-39(47-23-25-48(49)26-24-47)45-33(5)40(32(4)44)36-17-14-13-15-18-36/h12-14,16-17,19-21,27-28,46,49H,3,11,15,18,22-26,29-30,44H2,1-2,4-10H3/b35-12-,39-28+,40-32+,45-33+. The van der Waals surface area contributed by atoms with Crippen molar-refractivity contribution in [3.8, 4) is 0 Å². The maximum atomic E-state index is 10.1. The summed E-state index contributed by atoms with van der Waals surface area (Å²) in [6.45, 7) is 27.1. The Kier molecular flexibility index (Phi) is 12.4. The van der Waals surface area contributed by atoms with E-state index in [9.17, 15) is 5.21 Å². The number of hydrogen-bond acceptors (Lipinski definition) is 6. The zero-order valence-electron chi connectivity index (χ0n) is 31.9. The molecule has 6 nitrogen and oxygen atoms in total. The molecule has 4 N–H and O–H groups in total. The van der Waals surface area contributed by atoms with Crippen molar-refractivity contribution in [3.05, 3.63) is 112 Å². The van der Waals surface area contributed by atoms with Crippen molar-refractivity contribution in [1.29, 1.82) is 0 Å². The van der Waals surface area contributed by atoms with Gasteiger partial charge in [-0.15, -0.1) is 0 Å². The molecule has 6 heteroatoms. The lowest BCUT2D eigenvalue weighted by atomic mass is 9.69. The van der Waals surface area contributed by atoms with Crippen LogP contribution in [0.25, 0.3) is 5.57 Å². The second kappa shape index (κ2) is 15.9. The molecule has 0 amide bonds. The first-order valence-corrected chi connectivity index (χ1v) is 18.3. The molecule has 0 spiro atoms. The number of hydroxylamine groups is 2. The Morgan fingerprint density at radius 1 is 1.14 bits per heavy atom. The van der Waals surface area contributed by atoms with Crippen LogP contribution >= 0.6 is 0 Å². The van der Waals surface area contributed by atoms with Gasteiger partial charge in [-0.1, -0.05) is 94.5 Å². The van der Waals surface area contributed by atoms with Crippen molar-refractivity contribution in [1.82, 2.24) is 15.3 Å². The van der Waals surface area contributed by atoms with E-state index in [-0.39, 0.29) is 16.4 Å². The third kappa shape index (κ3) is 9.34. The molecule has 0 radical (unpaired) electrons. The number of nitrogens with two attached hydrogens (primary N) is 1. The van der Waals surface area contributed by atoms with E-state index in [1.807, 2.05) is 6.92 Å². The van der Waals surface area contributed by atoms with Crippen LogP contribution in [0.15, 0.2) is 106 Å². The lowest BCUT2D eigenvalue weighted by Crippen LogP contribution is -2.53. The maximum Gasteiger partial charge on any atom is 0.129 e. The Balaban J connectivity index is 1.64. The average Bonchev–Trinajstić information content (AvgIpc) is 3.43. The van der Waals surface area contributed by atoms with E-state index < -0.39 is 0 Å². The van der Waals surface area contributed by atoms with Crippen LogP contribution in [-0.4, -0.2) is 52.6 Å². The van der Waals surface area contributed by atoms with Crippen molar-refractivity contribution in [3.63, 3.8) is 0 Å². The molecule has 0 bridgehead atoms. The Morgan fingerprint density at radius 3 is 2.45 bits per heavy atom. The fraction of sp³-hybridized carbons (Fsp3) is 0.512. The van der Waals surface area contributed by atoms with Gasteiger partial charge in [0.15, 0.2) is 0 Å². The number of nitrogens with one attached hydrogen (secondary N) is 1. The van der Waals surface area contributed by atoms with E-state index >= 15 is 0 Å². The molecule has 2 aliphatic carbocycles. The molecule has 1 unspecified atom stereocenters. The summed E-state index contributed by atoms with van der Waals surface area (Å²) in [5.41, 5.74) is 16.4. The molecule has 1 heterocycles. The predicted octanol–water partition coefficient (Wildman–Crippen LogP) is 9.59. The first-order chi connectivity index (χ1) is 23.1. The number of rotatable bonds is 13. The number of piperazine rings is 1. The van der Waals surface area contributed by atoms with Gasteiger partial charge in [0.05, 0.1) is 0 Å². The highest BCUT2D eigenvalue weighted by Crippen LogP contribution is 2.44. The summed E-state index contributed by atoms with van der Waals surface area (Å²) in [6.07, 6.45) is 19.6. The number of hydrogen-bond donors (Lipinski definition) is 3. The molecule has 1 aliphatic heterocycles. The van der Waals surface area contributed by atoms with Crippen molar-refractivity contribution >= 4 is 11.3 Å². The van der Waals surface area contributed by atoms with Crippen LogP contribution in [0, 0.1) is 5.41 Å². The maximum absolute atomic E-state index is 10.1. The van der Waals surface area contributed by atoms with E-state index in [1.54, 1.807) is 5.57 Å². The highest BCUT2D eigenvalue weighted by atomic mass is 16.5. The molecule has 0 saturated carbocycles. The minimum Gasteiger partial charge on any atom is -0.402 e. The molecule has 1 aromatic carbocycles. The highest BCUT2D eigenvalue weighted by Gasteiger charge is 2.40. The highest BCUT2D eigenvalue weighted by molar-refractivity contribution is 6.03. The lowest BCUT2D eigenvalue weighted by Gasteiger charge is -2.45. The molecule has 1 saturated heterocycles. The van der Waals surface area contributed by atoms with Gasteiger partial charge in [-0.05, 0) is 107 Å². The van der Waals surface area contributed by atoms with Crippen molar-refractivity contribution in [2.24, 2.45) is 16.1 Å². The van der Waals surface area contributed by atoms with Gasteiger partial charge in [0.25, 0.3) is 0 Å². The minimum absolute atomic E-state index is 0.201. The van der Waals surface area contributed by atoms with E-state index in [1.165, 1.54) is 16.2 Å². The zero-order valence-corrected chi connectivity index (χ0v) is 31.9. The summed E-state index contributed by atoms with van der Waals surface area (Å²) in [5.74, 6) is 0.883. The summed E-state index contributed by atoms with van der Waals surface area (Å²) in [5, 5.41) is 15.4. The molecule has 3 aliphatic rings. The van der Waals surface area contributed by atoms with Crippen LogP contribution in [0.3, 0.4) is 0 Å². The lowest BCUT2D eigenvalue weighted by molar-refractivity contribution is -0.113. The molecule has 1 aromatic rings. The number of aliphatic imine (C=N–C) groups is 1. The second-order valence-corrected chi connectivity index (χ2v) is 15.7. The van der Waals surface area contributed by atoms with Gasteiger partial charge in [-0.2, -0.15) is 5.06 Å². The number of allylic oxidation sites excluding steroid dienone is 12. The Labute approximate surface area is 297 Å². The molecule has 266 valence electrons. The van der Waals surface area contributed by atoms with E-state index in [0.717, 1.165) is 78.2 Å². The molecule has 1 fully saturated rings. The minimum atomic E-state index is -0.243. The van der Waals surface area contributed by atoms with Gasteiger partial charge >= 0.3 is 0 Å². The largest absolute Gasteiger partial charge is 0.402 e. The monoisotopic (exact) mass is 666 g/mol. The summed E-state index contributed by atoms with van der Waals surface area (Å²) in [6, 6.07) is 8.95. The number of benzene rings is 1. The fourth-order valence-corrected chi connectivity index (χ4v) is 7.49. The van der Waals surface area contributed by atoms with Crippen LogP contribution in [0.1, 0.15) is 112 Å². The van der Waals surface area contributed by atoms with E-state index in [0.29, 0.717) is 26.2 Å². The predicted molar refractivity (Wildman–Crippen MR) is 209 cm³/mol. The molecule has 4 rings (SSSR count). The second-order valence-electron chi connectivity index (χ2n) is 15.7. The van der Waals surface area contributed by atoms with Crippen molar-refractivity contribution in [2.75, 3.05) is 26.2 Å². The van der Waals surface area contributed by atoms with E-state index in [4.69, 9.17) is 10.7 Å². The SMILES string of the molecule is C=C(CC1(C)CC=C(CC)C1)NC(C)(C)C(C)(C)c1cccc(C(=C\C)/C=C(\N=C(C)\C(C2=CC=CCC2)=C(\C)N)N2CCN(O)CC2)c1. The van der Waals surface area contributed by atoms with E-state index in [2.05, 4.69) is 133 Å². The van der Waals surface area contributed by atoms with Crippen LogP contribution < -0.4 is 11.1 Å². The normalized spacial score (nSPS) is 22.2. The summed E-state index contributed by atoms with van der Waals surface area (Å²) >= 11 is 0. The van der Waals surface area contributed by atoms with Crippen molar-refractivity contribution < 1.29 is 5.21 Å². The first-order valence-electron chi connectivity index (χ1n) is 18.3. The number of nitrogens with zero attached hydrogens (tertiary/aromatic N) is 3. The van der Waals surface area contributed by atoms with Gasteiger partial charge in [0.2, 0.25) is 0 Å². The summed E-state index contributed by atoms with van der Waals surface area (Å²) in [7, 11) is 0.